The summed E-state index contributed by atoms with van der Waals surface area (Å²) < 4.78 is 9.98. The molecule has 0 bridgehead atoms. The third-order valence-corrected chi connectivity index (χ3v) is 1.96. The number of ketones is 1. The molecule has 0 aliphatic rings. The number of ether oxygens (including phenoxy) is 2. The highest BCUT2D eigenvalue weighted by molar-refractivity contribution is 6.31. The topological polar surface area (TPSA) is 48.4 Å². The number of methoxy groups -OCH3 is 2. The number of halogens is 1. The summed E-state index contributed by atoms with van der Waals surface area (Å²) in [4.78, 5) is 15.3. The maximum atomic E-state index is 11.5. The van der Waals surface area contributed by atoms with Crippen LogP contribution in [0.2, 0.25) is 0 Å². The number of rotatable bonds is 4. The van der Waals surface area contributed by atoms with Crippen molar-refractivity contribution in [2.24, 2.45) is 0 Å². The molecule has 0 N–H and O–H groups in total. The van der Waals surface area contributed by atoms with Gasteiger partial charge < -0.3 is 9.47 Å². The minimum absolute atomic E-state index is 0.114. The Morgan fingerprint density at radius 1 is 1.36 bits per heavy atom. The summed E-state index contributed by atoms with van der Waals surface area (Å²) in [6, 6.07) is 0. The third-order valence-electron chi connectivity index (χ3n) is 1.72. The van der Waals surface area contributed by atoms with Crippen molar-refractivity contribution in [3.63, 3.8) is 0 Å². The molecule has 0 aliphatic carbocycles. The van der Waals surface area contributed by atoms with Crippen molar-refractivity contribution in [2.45, 2.75) is 0 Å². The van der Waals surface area contributed by atoms with Gasteiger partial charge in [-0.2, -0.15) is 0 Å². The number of pyridine rings is 1. The molecule has 5 heteroatoms. The van der Waals surface area contributed by atoms with Crippen LogP contribution in [-0.4, -0.2) is 30.9 Å². The Kier molecular flexibility index (Phi) is 3.71. The molecule has 0 saturated heterocycles. The lowest BCUT2D eigenvalue weighted by molar-refractivity contribution is 0.101. The van der Waals surface area contributed by atoms with E-state index >= 15 is 0 Å². The van der Waals surface area contributed by atoms with Crippen LogP contribution in [0.15, 0.2) is 12.4 Å². The number of hydrogen-bond acceptors (Lipinski definition) is 4. The minimum atomic E-state index is -0.247. The van der Waals surface area contributed by atoms with E-state index in [1.54, 1.807) is 0 Å². The van der Waals surface area contributed by atoms with Gasteiger partial charge >= 0.3 is 0 Å². The number of carbonyl (C=O) groups is 1. The monoisotopic (exact) mass is 215 g/mol. The first-order valence-corrected chi connectivity index (χ1v) is 4.43. The van der Waals surface area contributed by atoms with Crippen LogP contribution in [0.3, 0.4) is 0 Å². The lowest BCUT2D eigenvalue weighted by atomic mass is 10.1. The van der Waals surface area contributed by atoms with Crippen molar-refractivity contribution in [3.05, 3.63) is 18.0 Å². The molecule has 0 atom stereocenters. The number of Topliss-reactive ketones (excluding diaryl/α,β-unsaturated/α-hetero) is 1. The van der Waals surface area contributed by atoms with Crippen molar-refractivity contribution in [1.82, 2.24) is 4.98 Å². The van der Waals surface area contributed by atoms with Crippen LogP contribution in [0.1, 0.15) is 10.4 Å². The molecule has 1 aromatic heterocycles. The van der Waals surface area contributed by atoms with Gasteiger partial charge in [0.05, 0.1) is 32.5 Å². The maximum absolute atomic E-state index is 11.5. The average Bonchev–Trinajstić information content (AvgIpc) is 2.26. The van der Waals surface area contributed by atoms with Gasteiger partial charge in [0, 0.05) is 0 Å². The van der Waals surface area contributed by atoms with Crippen molar-refractivity contribution in [3.8, 4) is 11.5 Å². The van der Waals surface area contributed by atoms with Gasteiger partial charge in [0.2, 0.25) is 0 Å². The summed E-state index contributed by atoms with van der Waals surface area (Å²) in [6.07, 6.45) is 2.89. The highest BCUT2D eigenvalue weighted by atomic mass is 35.5. The van der Waals surface area contributed by atoms with Gasteiger partial charge in [-0.1, -0.05) is 0 Å². The SMILES string of the molecule is COc1cncc(OC)c1C(=O)CCl. The zero-order valence-electron chi connectivity index (χ0n) is 7.91. The lowest BCUT2D eigenvalue weighted by Gasteiger charge is -2.09. The van der Waals surface area contributed by atoms with E-state index in [4.69, 9.17) is 21.1 Å². The minimum Gasteiger partial charge on any atom is -0.494 e. The molecule has 4 nitrogen and oxygen atoms in total. The molecule has 0 amide bonds. The van der Waals surface area contributed by atoms with Gasteiger partial charge in [-0.25, -0.2) is 0 Å². The standard InChI is InChI=1S/C9H10ClNO3/c1-13-7-4-11-5-8(14-2)9(7)6(12)3-10/h4-5H,3H2,1-2H3. The number of carbonyl (C=O) groups excluding carboxylic acids is 1. The van der Waals surface area contributed by atoms with Gasteiger partial charge in [0.25, 0.3) is 0 Å². The fourth-order valence-electron chi connectivity index (χ4n) is 1.07. The van der Waals surface area contributed by atoms with E-state index < -0.39 is 0 Å². The van der Waals surface area contributed by atoms with Crippen LogP contribution in [0.25, 0.3) is 0 Å². The average molecular weight is 216 g/mol. The van der Waals surface area contributed by atoms with Gasteiger partial charge in [-0.05, 0) is 0 Å². The van der Waals surface area contributed by atoms with Gasteiger partial charge in [-0.3, -0.25) is 9.78 Å². The highest BCUT2D eigenvalue weighted by Crippen LogP contribution is 2.27. The van der Waals surface area contributed by atoms with E-state index in [9.17, 15) is 4.79 Å². The van der Waals surface area contributed by atoms with E-state index in [1.165, 1.54) is 26.6 Å². The first kappa shape index (κ1) is 10.8. The summed E-state index contributed by atoms with van der Waals surface area (Å²) in [7, 11) is 2.92. The molecule has 1 rings (SSSR count). The zero-order valence-corrected chi connectivity index (χ0v) is 8.67. The Labute approximate surface area is 86.8 Å². The molecular formula is C9H10ClNO3. The van der Waals surface area contributed by atoms with Crippen LogP contribution >= 0.6 is 11.6 Å². The largest absolute Gasteiger partial charge is 0.494 e. The Morgan fingerprint density at radius 3 is 2.21 bits per heavy atom. The molecule has 14 heavy (non-hydrogen) atoms. The van der Waals surface area contributed by atoms with E-state index in [0.29, 0.717) is 17.1 Å². The molecule has 0 aromatic carbocycles. The maximum Gasteiger partial charge on any atom is 0.185 e. The fourth-order valence-corrected chi connectivity index (χ4v) is 1.21. The molecule has 0 fully saturated rings. The second kappa shape index (κ2) is 4.81. The normalized spacial score (nSPS) is 9.64. The Hall–Kier alpha value is -1.29. The fraction of sp³-hybridized carbons (Fsp3) is 0.333. The molecule has 1 aromatic rings. The number of hydrogen-bond donors (Lipinski definition) is 0. The number of alkyl halides is 1. The van der Waals surface area contributed by atoms with Crippen LogP contribution < -0.4 is 9.47 Å². The van der Waals surface area contributed by atoms with Gasteiger partial charge in [-0.15, -0.1) is 11.6 Å². The zero-order chi connectivity index (χ0) is 10.6. The lowest BCUT2D eigenvalue weighted by Crippen LogP contribution is -2.06. The second-order valence-corrected chi connectivity index (χ2v) is 2.74. The summed E-state index contributed by atoms with van der Waals surface area (Å²) in [6.45, 7) is 0. The van der Waals surface area contributed by atoms with Crippen LogP contribution in [0.4, 0.5) is 0 Å². The van der Waals surface area contributed by atoms with Crippen LogP contribution in [-0.2, 0) is 0 Å². The number of aromatic nitrogens is 1. The Bertz CT molecular complexity index is 319. The smallest absolute Gasteiger partial charge is 0.185 e. The third kappa shape index (κ3) is 1.96. The summed E-state index contributed by atoms with van der Waals surface area (Å²) in [5.74, 6) is 0.379. The van der Waals surface area contributed by atoms with E-state index in [2.05, 4.69) is 4.98 Å². The van der Waals surface area contributed by atoms with Crippen molar-refractivity contribution in [2.75, 3.05) is 20.1 Å². The van der Waals surface area contributed by atoms with Crippen molar-refractivity contribution >= 4 is 17.4 Å². The van der Waals surface area contributed by atoms with Crippen molar-refractivity contribution < 1.29 is 14.3 Å². The summed E-state index contributed by atoms with van der Waals surface area (Å²) >= 11 is 5.46. The summed E-state index contributed by atoms with van der Waals surface area (Å²) in [5.41, 5.74) is 0.333. The molecule has 0 spiro atoms. The summed E-state index contributed by atoms with van der Waals surface area (Å²) in [5, 5.41) is 0. The van der Waals surface area contributed by atoms with E-state index in [-0.39, 0.29) is 11.7 Å². The molecular weight excluding hydrogens is 206 g/mol. The first-order valence-electron chi connectivity index (χ1n) is 3.89. The molecule has 0 unspecified atom stereocenters. The van der Waals surface area contributed by atoms with Crippen LogP contribution in [0.5, 0.6) is 11.5 Å². The molecule has 76 valence electrons. The molecule has 0 saturated carbocycles. The van der Waals surface area contributed by atoms with E-state index in [1.807, 2.05) is 0 Å². The predicted molar refractivity (Wildman–Crippen MR) is 52.4 cm³/mol. The Balaban J connectivity index is 3.25. The highest BCUT2D eigenvalue weighted by Gasteiger charge is 2.17. The molecule has 1 heterocycles. The first-order chi connectivity index (χ1) is 6.74. The van der Waals surface area contributed by atoms with Crippen LogP contribution in [0, 0.1) is 0 Å². The van der Waals surface area contributed by atoms with Gasteiger partial charge in [0.1, 0.15) is 5.56 Å². The van der Waals surface area contributed by atoms with Crippen molar-refractivity contribution in [1.29, 1.82) is 0 Å². The Morgan fingerprint density at radius 2 is 1.86 bits per heavy atom. The van der Waals surface area contributed by atoms with Gasteiger partial charge in [0.15, 0.2) is 17.3 Å². The predicted octanol–water partition coefficient (Wildman–Crippen LogP) is 1.52. The van der Waals surface area contributed by atoms with E-state index in [0.717, 1.165) is 0 Å². The molecule has 0 radical (unpaired) electrons. The quantitative estimate of drug-likeness (QED) is 0.565. The number of nitrogens with zero attached hydrogens (tertiary/aromatic N) is 1. The molecule has 0 aliphatic heterocycles. The second-order valence-electron chi connectivity index (χ2n) is 2.48.